The van der Waals surface area contributed by atoms with Crippen LogP contribution in [0.1, 0.15) is 38.3 Å². The largest absolute Gasteiger partial charge is 0.350 e. The van der Waals surface area contributed by atoms with Gasteiger partial charge in [0.1, 0.15) is 0 Å². The van der Waals surface area contributed by atoms with Gasteiger partial charge < -0.3 is 5.32 Å². The van der Waals surface area contributed by atoms with Crippen molar-refractivity contribution in [3.63, 3.8) is 0 Å². The molecule has 1 aromatic rings. The van der Waals surface area contributed by atoms with Crippen LogP contribution in [0.2, 0.25) is 0 Å². The number of hydrogen-bond donors (Lipinski definition) is 1. The van der Waals surface area contributed by atoms with E-state index in [0.29, 0.717) is 6.42 Å². The molecule has 0 spiro atoms. The molecule has 0 heterocycles. The van der Waals surface area contributed by atoms with E-state index in [4.69, 9.17) is 0 Å². The fourth-order valence-corrected chi connectivity index (χ4v) is 1.52. The minimum absolute atomic E-state index is 0.0827. The lowest BCUT2D eigenvalue weighted by molar-refractivity contribution is -0.121. The molecule has 0 fully saturated rings. The SMILES string of the molecule is C/C=C/CCC(=O)NC(C)c1ccccc1. The maximum atomic E-state index is 11.6. The van der Waals surface area contributed by atoms with Crippen molar-refractivity contribution < 1.29 is 4.79 Å². The van der Waals surface area contributed by atoms with Gasteiger partial charge >= 0.3 is 0 Å². The van der Waals surface area contributed by atoms with Crippen LogP contribution in [0.4, 0.5) is 0 Å². The van der Waals surface area contributed by atoms with Gasteiger partial charge in [0.05, 0.1) is 6.04 Å². The average Bonchev–Trinajstić information content (AvgIpc) is 2.30. The highest BCUT2D eigenvalue weighted by atomic mass is 16.1. The van der Waals surface area contributed by atoms with Gasteiger partial charge in [-0.05, 0) is 25.8 Å². The van der Waals surface area contributed by atoms with E-state index in [1.165, 1.54) is 0 Å². The number of carbonyl (C=O) groups is 1. The summed E-state index contributed by atoms with van der Waals surface area (Å²) in [5.74, 6) is 0.106. The maximum Gasteiger partial charge on any atom is 0.220 e. The number of nitrogens with one attached hydrogen (secondary N) is 1. The topological polar surface area (TPSA) is 29.1 Å². The molecule has 2 heteroatoms. The van der Waals surface area contributed by atoms with Crippen LogP contribution in [0.3, 0.4) is 0 Å². The molecular weight excluding hydrogens is 198 g/mol. The van der Waals surface area contributed by atoms with Gasteiger partial charge in [-0.3, -0.25) is 4.79 Å². The van der Waals surface area contributed by atoms with Crippen molar-refractivity contribution in [3.8, 4) is 0 Å². The second kappa shape index (κ2) is 6.83. The van der Waals surface area contributed by atoms with Gasteiger partial charge in [0.25, 0.3) is 0 Å². The average molecular weight is 217 g/mol. The summed E-state index contributed by atoms with van der Waals surface area (Å²) in [4.78, 5) is 11.6. The van der Waals surface area contributed by atoms with E-state index in [9.17, 15) is 4.79 Å². The number of carbonyl (C=O) groups excluding carboxylic acids is 1. The minimum atomic E-state index is 0.0827. The van der Waals surface area contributed by atoms with Crippen molar-refractivity contribution >= 4 is 5.91 Å². The lowest BCUT2D eigenvalue weighted by Crippen LogP contribution is -2.26. The summed E-state index contributed by atoms with van der Waals surface area (Å²) >= 11 is 0. The lowest BCUT2D eigenvalue weighted by atomic mass is 10.1. The zero-order valence-electron chi connectivity index (χ0n) is 9.94. The third-order valence-electron chi connectivity index (χ3n) is 2.45. The molecule has 0 saturated carbocycles. The van der Waals surface area contributed by atoms with Crippen molar-refractivity contribution in [2.24, 2.45) is 0 Å². The van der Waals surface area contributed by atoms with E-state index < -0.39 is 0 Å². The Kier molecular flexibility index (Phi) is 5.34. The predicted molar refractivity (Wildman–Crippen MR) is 67.0 cm³/mol. The Balaban J connectivity index is 2.39. The highest BCUT2D eigenvalue weighted by molar-refractivity contribution is 5.76. The van der Waals surface area contributed by atoms with Crippen molar-refractivity contribution in [3.05, 3.63) is 48.0 Å². The Morgan fingerprint density at radius 1 is 1.38 bits per heavy atom. The van der Waals surface area contributed by atoms with Crippen LogP contribution in [-0.2, 0) is 4.79 Å². The molecule has 0 aromatic heterocycles. The Morgan fingerprint density at radius 3 is 2.69 bits per heavy atom. The standard InChI is InChI=1S/C14H19NO/c1-3-4-6-11-14(16)15-12(2)13-9-7-5-8-10-13/h3-5,7-10,12H,6,11H2,1-2H3,(H,15,16)/b4-3+. The Bertz CT molecular complexity index is 343. The molecule has 1 amide bonds. The van der Waals surface area contributed by atoms with E-state index in [1.54, 1.807) is 0 Å². The number of hydrogen-bond acceptors (Lipinski definition) is 1. The zero-order valence-corrected chi connectivity index (χ0v) is 9.94. The fraction of sp³-hybridized carbons (Fsp3) is 0.357. The quantitative estimate of drug-likeness (QED) is 0.754. The highest BCUT2D eigenvalue weighted by Gasteiger charge is 2.07. The molecular formula is C14H19NO. The third-order valence-corrected chi connectivity index (χ3v) is 2.45. The monoisotopic (exact) mass is 217 g/mol. The lowest BCUT2D eigenvalue weighted by Gasteiger charge is -2.13. The molecule has 16 heavy (non-hydrogen) atoms. The van der Waals surface area contributed by atoms with Crippen molar-refractivity contribution in [2.75, 3.05) is 0 Å². The second-order valence-corrected chi connectivity index (χ2v) is 3.81. The van der Waals surface area contributed by atoms with Gasteiger partial charge in [0.2, 0.25) is 5.91 Å². The highest BCUT2D eigenvalue weighted by Crippen LogP contribution is 2.11. The van der Waals surface area contributed by atoms with E-state index >= 15 is 0 Å². The fourth-order valence-electron chi connectivity index (χ4n) is 1.52. The molecule has 0 aliphatic rings. The first kappa shape index (κ1) is 12.5. The Hall–Kier alpha value is -1.57. The summed E-state index contributed by atoms with van der Waals surface area (Å²) < 4.78 is 0. The molecule has 2 nitrogen and oxygen atoms in total. The normalized spacial score (nSPS) is 12.6. The van der Waals surface area contributed by atoms with Gasteiger partial charge in [-0.25, -0.2) is 0 Å². The molecule has 1 unspecified atom stereocenters. The van der Waals surface area contributed by atoms with E-state index in [0.717, 1.165) is 12.0 Å². The van der Waals surface area contributed by atoms with Crippen LogP contribution in [0.25, 0.3) is 0 Å². The first-order chi connectivity index (χ1) is 7.74. The van der Waals surface area contributed by atoms with Crippen LogP contribution in [0, 0.1) is 0 Å². The molecule has 0 aliphatic heterocycles. The molecule has 1 atom stereocenters. The zero-order chi connectivity index (χ0) is 11.8. The van der Waals surface area contributed by atoms with Crippen LogP contribution < -0.4 is 5.32 Å². The van der Waals surface area contributed by atoms with Crippen LogP contribution in [-0.4, -0.2) is 5.91 Å². The van der Waals surface area contributed by atoms with Crippen molar-refractivity contribution in [1.29, 1.82) is 0 Å². The Labute approximate surface area is 97.4 Å². The van der Waals surface area contributed by atoms with Gasteiger partial charge in [-0.1, -0.05) is 42.5 Å². The number of allylic oxidation sites excluding steroid dienone is 2. The van der Waals surface area contributed by atoms with Gasteiger partial charge in [-0.2, -0.15) is 0 Å². The summed E-state index contributed by atoms with van der Waals surface area (Å²) in [5.41, 5.74) is 1.14. The molecule has 0 aliphatic carbocycles. The molecule has 1 N–H and O–H groups in total. The molecule has 1 rings (SSSR count). The minimum Gasteiger partial charge on any atom is -0.350 e. The Morgan fingerprint density at radius 2 is 2.06 bits per heavy atom. The summed E-state index contributed by atoms with van der Waals surface area (Å²) in [5, 5.41) is 2.98. The number of amides is 1. The van der Waals surface area contributed by atoms with Gasteiger partial charge in [-0.15, -0.1) is 0 Å². The van der Waals surface area contributed by atoms with Crippen molar-refractivity contribution in [2.45, 2.75) is 32.7 Å². The smallest absolute Gasteiger partial charge is 0.220 e. The first-order valence-electron chi connectivity index (χ1n) is 5.69. The maximum absolute atomic E-state index is 11.6. The molecule has 86 valence electrons. The number of benzene rings is 1. The third kappa shape index (κ3) is 4.30. The van der Waals surface area contributed by atoms with Crippen LogP contribution in [0.5, 0.6) is 0 Å². The summed E-state index contributed by atoms with van der Waals surface area (Å²) in [6, 6.07) is 10.1. The first-order valence-corrected chi connectivity index (χ1v) is 5.69. The van der Waals surface area contributed by atoms with Crippen LogP contribution in [0.15, 0.2) is 42.5 Å². The number of rotatable bonds is 5. The van der Waals surface area contributed by atoms with Gasteiger partial charge in [0, 0.05) is 6.42 Å². The molecule has 0 radical (unpaired) electrons. The molecule has 0 bridgehead atoms. The molecule has 1 aromatic carbocycles. The second-order valence-electron chi connectivity index (χ2n) is 3.81. The van der Waals surface area contributed by atoms with Crippen LogP contribution >= 0.6 is 0 Å². The molecule has 0 saturated heterocycles. The van der Waals surface area contributed by atoms with Crippen molar-refractivity contribution in [1.82, 2.24) is 5.32 Å². The summed E-state index contributed by atoms with van der Waals surface area (Å²) in [6.45, 7) is 3.97. The van der Waals surface area contributed by atoms with Gasteiger partial charge in [0.15, 0.2) is 0 Å². The predicted octanol–water partition coefficient (Wildman–Crippen LogP) is 3.22. The summed E-state index contributed by atoms with van der Waals surface area (Å²) in [7, 11) is 0. The van der Waals surface area contributed by atoms with E-state index in [2.05, 4.69) is 5.32 Å². The summed E-state index contributed by atoms with van der Waals surface area (Å²) in [6.07, 6.45) is 5.34. The van der Waals surface area contributed by atoms with E-state index in [1.807, 2.05) is 56.3 Å². The van der Waals surface area contributed by atoms with E-state index in [-0.39, 0.29) is 11.9 Å².